The number of nitrogens with one attached hydrogen (secondary N) is 1. The van der Waals surface area contributed by atoms with Gasteiger partial charge in [-0.1, -0.05) is 20.3 Å². The van der Waals surface area contributed by atoms with Gasteiger partial charge in [-0.3, -0.25) is 4.90 Å². The zero-order valence-electron chi connectivity index (χ0n) is 10.5. The molecule has 1 aliphatic carbocycles. The Bertz CT molecular complexity index is 191. The number of hydrogen-bond donors (Lipinski definition) is 1. The van der Waals surface area contributed by atoms with Gasteiger partial charge in [0.15, 0.2) is 0 Å². The first-order valence-electron chi connectivity index (χ1n) is 6.64. The quantitative estimate of drug-likeness (QED) is 0.764. The summed E-state index contributed by atoms with van der Waals surface area (Å²) in [5, 5.41) is 3.55. The highest BCUT2D eigenvalue weighted by atomic mass is 15.2. The number of rotatable bonds is 4. The van der Waals surface area contributed by atoms with Crippen LogP contribution in [-0.4, -0.2) is 36.6 Å². The van der Waals surface area contributed by atoms with Crippen LogP contribution < -0.4 is 5.32 Å². The Hall–Kier alpha value is -0.0800. The molecule has 1 saturated heterocycles. The van der Waals surface area contributed by atoms with Crippen molar-refractivity contribution in [2.24, 2.45) is 11.8 Å². The fraction of sp³-hybridized carbons (Fsp3) is 1.00. The van der Waals surface area contributed by atoms with Gasteiger partial charge < -0.3 is 5.32 Å². The summed E-state index contributed by atoms with van der Waals surface area (Å²) in [5.41, 5.74) is 0. The van der Waals surface area contributed by atoms with Gasteiger partial charge in [0, 0.05) is 31.7 Å². The summed E-state index contributed by atoms with van der Waals surface area (Å²) < 4.78 is 0. The molecule has 1 saturated carbocycles. The summed E-state index contributed by atoms with van der Waals surface area (Å²) >= 11 is 0. The molecule has 2 aliphatic rings. The van der Waals surface area contributed by atoms with E-state index in [1.807, 2.05) is 0 Å². The average molecular weight is 210 g/mol. The highest BCUT2D eigenvalue weighted by Crippen LogP contribution is 2.38. The summed E-state index contributed by atoms with van der Waals surface area (Å²) in [4.78, 5) is 2.70. The molecule has 88 valence electrons. The number of nitrogens with zero attached hydrogens (tertiary/aromatic N) is 1. The van der Waals surface area contributed by atoms with Gasteiger partial charge in [0.2, 0.25) is 0 Å². The van der Waals surface area contributed by atoms with Crippen molar-refractivity contribution in [2.45, 2.75) is 52.1 Å². The smallest absolute Gasteiger partial charge is 0.0192 e. The zero-order chi connectivity index (χ0) is 10.8. The first-order chi connectivity index (χ1) is 7.16. The molecule has 0 aromatic rings. The molecule has 2 fully saturated rings. The van der Waals surface area contributed by atoms with Gasteiger partial charge in [-0.2, -0.15) is 0 Å². The summed E-state index contributed by atoms with van der Waals surface area (Å²) in [6.07, 6.45) is 4.47. The summed E-state index contributed by atoms with van der Waals surface area (Å²) in [6.45, 7) is 10.7. The summed E-state index contributed by atoms with van der Waals surface area (Å²) in [6, 6.07) is 1.34. The molecular weight excluding hydrogens is 184 g/mol. The molecule has 1 aliphatic heterocycles. The van der Waals surface area contributed by atoms with E-state index in [0.717, 1.165) is 24.4 Å². The number of hydrogen-bond acceptors (Lipinski definition) is 2. The predicted octanol–water partition coefficient (Wildman–Crippen LogP) is 2.10. The molecule has 15 heavy (non-hydrogen) atoms. The largest absolute Gasteiger partial charge is 0.313 e. The lowest BCUT2D eigenvalue weighted by molar-refractivity contribution is 0.230. The lowest BCUT2D eigenvalue weighted by atomic mass is 10.0. The number of likely N-dealkylation sites (tertiary alicyclic amines) is 1. The van der Waals surface area contributed by atoms with E-state index in [2.05, 4.69) is 31.0 Å². The molecule has 0 amide bonds. The van der Waals surface area contributed by atoms with Crippen molar-refractivity contribution in [3.8, 4) is 0 Å². The Labute approximate surface area is 94.4 Å². The van der Waals surface area contributed by atoms with Crippen LogP contribution in [0.1, 0.15) is 40.0 Å². The maximum atomic E-state index is 3.55. The second-order valence-electron chi connectivity index (χ2n) is 5.82. The molecule has 2 rings (SSSR count). The third-order valence-electron chi connectivity index (χ3n) is 4.20. The molecule has 2 heteroatoms. The fourth-order valence-electron chi connectivity index (χ4n) is 3.17. The first-order valence-corrected chi connectivity index (χ1v) is 6.64. The van der Waals surface area contributed by atoms with E-state index >= 15 is 0 Å². The van der Waals surface area contributed by atoms with Crippen LogP contribution in [0.3, 0.4) is 0 Å². The maximum Gasteiger partial charge on any atom is 0.0192 e. The Morgan fingerprint density at radius 1 is 1.13 bits per heavy atom. The lowest BCUT2D eigenvalue weighted by Gasteiger charge is -2.26. The van der Waals surface area contributed by atoms with E-state index in [1.165, 1.54) is 32.4 Å². The fourth-order valence-corrected chi connectivity index (χ4v) is 3.17. The molecule has 0 radical (unpaired) electrons. The maximum absolute atomic E-state index is 3.55. The van der Waals surface area contributed by atoms with Crippen molar-refractivity contribution in [1.29, 1.82) is 0 Å². The van der Waals surface area contributed by atoms with Gasteiger partial charge in [-0.05, 0) is 31.6 Å². The normalized spacial score (nSPS) is 33.6. The van der Waals surface area contributed by atoms with Crippen molar-refractivity contribution in [1.82, 2.24) is 10.2 Å². The third kappa shape index (κ3) is 2.73. The molecule has 1 heterocycles. The predicted molar refractivity (Wildman–Crippen MR) is 65.0 cm³/mol. The lowest BCUT2D eigenvalue weighted by Crippen LogP contribution is -2.41. The van der Waals surface area contributed by atoms with Crippen LogP contribution in [0.5, 0.6) is 0 Å². The molecule has 3 atom stereocenters. The van der Waals surface area contributed by atoms with Crippen molar-refractivity contribution < 1.29 is 0 Å². The second kappa shape index (κ2) is 4.84. The Morgan fingerprint density at radius 3 is 2.27 bits per heavy atom. The Kier molecular flexibility index (Phi) is 3.68. The number of fused-ring (bicyclic) bond motifs is 1. The molecule has 0 bridgehead atoms. The van der Waals surface area contributed by atoms with Gasteiger partial charge in [0.25, 0.3) is 0 Å². The summed E-state index contributed by atoms with van der Waals surface area (Å²) in [5.74, 6) is 2.07. The van der Waals surface area contributed by atoms with Crippen LogP contribution in [0.25, 0.3) is 0 Å². The van der Waals surface area contributed by atoms with E-state index < -0.39 is 0 Å². The minimum atomic E-state index is 0.620. The van der Waals surface area contributed by atoms with Crippen LogP contribution in [-0.2, 0) is 0 Å². The summed E-state index contributed by atoms with van der Waals surface area (Å²) in [7, 11) is 0. The molecule has 0 aromatic carbocycles. The SMILES string of the molecule is CC(C)NCC(C)N1CC2CCCC2C1. The standard InChI is InChI=1S/C13H26N2/c1-10(2)14-7-11(3)15-8-12-5-4-6-13(12)9-15/h10-14H,4-9H2,1-3H3. The van der Waals surface area contributed by atoms with Crippen LogP contribution in [0, 0.1) is 11.8 Å². The zero-order valence-corrected chi connectivity index (χ0v) is 10.5. The van der Waals surface area contributed by atoms with Gasteiger partial charge in [0.1, 0.15) is 0 Å². The monoisotopic (exact) mass is 210 g/mol. The van der Waals surface area contributed by atoms with Crippen molar-refractivity contribution >= 4 is 0 Å². The Balaban J connectivity index is 1.75. The van der Waals surface area contributed by atoms with Crippen LogP contribution in [0.15, 0.2) is 0 Å². The van der Waals surface area contributed by atoms with Crippen molar-refractivity contribution in [3.63, 3.8) is 0 Å². The minimum Gasteiger partial charge on any atom is -0.313 e. The van der Waals surface area contributed by atoms with Gasteiger partial charge in [-0.25, -0.2) is 0 Å². The van der Waals surface area contributed by atoms with Crippen molar-refractivity contribution in [2.75, 3.05) is 19.6 Å². The topological polar surface area (TPSA) is 15.3 Å². The van der Waals surface area contributed by atoms with E-state index in [9.17, 15) is 0 Å². The van der Waals surface area contributed by atoms with Gasteiger partial charge in [0.05, 0.1) is 0 Å². The van der Waals surface area contributed by atoms with Crippen molar-refractivity contribution in [3.05, 3.63) is 0 Å². The molecule has 2 nitrogen and oxygen atoms in total. The van der Waals surface area contributed by atoms with E-state index in [-0.39, 0.29) is 0 Å². The van der Waals surface area contributed by atoms with Gasteiger partial charge >= 0.3 is 0 Å². The second-order valence-corrected chi connectivity index (χ2v) is 5.82. The Morgan fingerprint density at radius 2 is 1.73 bits per heavy atom. The van der Waals surface area contributed by atoms with E-state index in [0.29, 0.717) is 6.04 Å². The van der Waals surface area contributed by atoms with Gasteiger partial charge in [-0.15, -0.1) is 0 Å². The van der Waals surface area contributed by atoms with Crippen LogP contribution in [0.2, 0.25) is 0 Å². The molecule has 3 unspecified atom stereocenters. The minimum absolute atomic E-state index is 0.620. The molecule has 0 aromatic heterocycles. The van der Waals surface area contributed by atoms with E-state index in [4.69, 9.17) is 0 Å². The van der Waals surface area contributed by atoms with E-state index in [1.54, 1.807) is 0 Å². The van der Waals surface area contributed by atoms with Crippen LogP contribution >= 0.6 is 0 Å². The highest BCUT2D eigenvalue weighted by Gasteiger charge is 2.37. The molecule has 0 spiro atoms. The van der Waals surface area contributed by atoms with Crippen LogP contribution in [0.4, 0.5) is 0 Å². The highest BCUT2D eigenvalue weighted by molar-refractivity contribution is 4.90. The molecule has 1 N–H and O–H groups in total. The average Bonchev–Trinajstić information content (AvgIpc) is 2.72. The third-order valence-corrected chi connectivity index (χ3v) is 4.20. The first kappa shape index (κ1) is 11.4. The molecular formula is C13H26N2.